The maximum absolute atomic E-state index is 12.8. The minimum Gasteiger partial charge on any atom is -0.380 e. The molecule has 5 atom stereocenters. The molecule has 5 rings (SSSR count). The summed E-state index contributed by atoms with van der Waals surface area (Å²) in [5, 5.41) is 9.45. The number of anilines is 1. The Kier molecular flexibility index (Phi) is 6.78. The second-order valence-electron chi connectivity index (χ2n) is 9.70. The number of amides is 1. The molecule has 1 aliphatic carbocycles. The van der Waals surface area contributed by atoms with Crippen LogP contribution in [0.15, 0.2) is 30.0 Å². The maximum Gasteiger partial charge on any atom is 0.225 e. The summed E-state index contributed by atoms with van der Waals surface area (Å²) in [5.41, 5.74) is 2.51. The highest BCUT2D eigenvalue weighted by Gasteiger charge is 2.56. The lowest BCUT2D eigenvalue weighted by Gasteiger charge is -2.24. The number of carbonyl (C=O) groups is 1. The number of carbonyl (C=O) groups excluding carboxylic acids is 1. The van der Waals surface area contributed by atoms with Crippen LogP contribution >= 0.6 is 22.9 Å². The van der Waals surface area contributed by atoms with Gasteiger partial charge in [-0.2, -0.15) is 0 Å². The number of hydrogen-bond donors (Lipinski definition) is 2. The lowest BCUT2D eigenvalue weighted by molar-refractivity contribution is -0.163. The van der Waals surface area contributed by atoms with Crippen LogP contribution in [0.3, 0.4) is 0 Å². The number of nitrogens with zero attached hydrogens (tertiary/aromatic N) is 3. The molecule has 0 radical (unpaired) electrons. The van der Waals surface area contributed by atoms with Crippen molar-refractivity contribution in [2.75, 3.05) is 11.9 Å². The first-order valence-electron chi connectivity index (χ1n) is 12.2. The van der Waals surface area contributed by atoms with E-state index in [9.17, 15) is 4.79 Å². The summed E-state index contributed by atoms with van der Waals surface area (Å²) in [5.74, 6) is -1.03. The average Bonchev–Trinajstić information content (AvgIpc) is 3.57. The summed E-state index contributed by atoms with van der Waals surface area (Å²) in [7, 11) is 0. The molecule has 0 spiro atoms. The van der Waals surface area contributed by atoms with Crippen LogP contribution < -0.4 is 10.6 Å². The smallest absolute Gasteiger partial charge is 0.225 e. The number of pyridine rings is 1. The first-order chi connectivity index (χ1) is 16.8. The second-order valence-corrected chi connectivity index (χ2v) is 11.1. The van der Waals surface area contributed by atoms with Crippen LogP contribution in [0, 0.1) is 5.92 Å². The first kappa shape index (κ1) is 24.5. The zero-order valence-corrected chi connectivity index (χ0v) is 22.0. The molecule has 2 N–H and O–H groups in total. The molecule has 1 saturated carbocycles. The molecule has 1 amide bonds. The summed E-state index contributed by atoms with van der Waals surface area (Å²) >= 11 is 8.02. The summed E-state index contributed by atoms with van der Waals surface area (Å²) in [4.78, 5) is 23.4. The van der Waals surface area contributed by atoms with Crippen molar-refractivity contribution >= 4 is 45.7 Å². The van der Waals surface area contributed by atoms with Crippen molar-refractivity contribution in [1.82, 2.24) is 19.9 Å². The van der Waals surface area contributed by atoms with E-state index in [0.29, 0.717) is 13.0 Å². The quantitative estimate of drug-likeness (QED) is 0.446. The van der Waals surface area contributed by atoms with Gasteiger partial charge in [-0.25, -0.2) is 9.97 Å². The molecule has 10 heteroatoms. The number of rotatable bonds is 8. The molecule has 0 bridgehead atoms. The van der Waals surface area contributed by atoms with Gasteiger partial charge in [0.15, 0.2) is 11.4 Å². The van der Waals surface area contributed by atoms with Crippen molar-refractivity contribution in [3.8, 4) is 0 Å². The van der Waals surface area contributed by atoms with Crippen LogP contribution in [-0.4, -0.2) is 51.0 Å². The van der Waals surface area contributed by atoms with Crippen molar-refractivity contribution in [2.24, 2.45) is 5.92 Å². The fourth-order valence-corrected chi connectivity index (χ4v) is 6.49. The normalized spacial score (nSPS) is 26.1. The number of imidazole rings is 1. The summed E-state index contributed by atoms with van der Waals surface area (Å²) in [6.45, 7) is 8.47. The second kappa shape index (κ2) is 9.69. The highest BCUT2D eigenvalue weighted by molar-refractivity contribution is 7.10. The van der Waals surface area contributed by atoms with Crippen LogP contribution in [0.25, 0.3) is 11.2 Å². The number of halogens is 1. The highest BCUT2D eigenvalue weighted by Crippen LogP contribution is 2.47. The number of fused-ring (bicyclic) bond motifs is 2. The van der Waals surface area contributed by atoms with Crippen LogP contribution in [0.2, 0.25) is 5.02 Å². The van der Waals surface area contributed by atoms with E-state index in [-0.39, 0.29) is 36.1 Å². The van der Waals surface area contributed by atoms with Gasteiger partial charge in [0.2, 0.25) is 5.91 Å². The molecular formula is C25H32ClN5O3S. The van der Waals surface area contributed by atoms with Gasteiger partial charge in [-0.15, -0.1) is 11.3 Å². The van der Waals surface area contributed by atoms with Gasteiger partial charge in [-0.05, 0) is 51.1 Å². The van der Waals surface area contributed by atoms with Gasteiger partial charge >= 0.3 is 0 Å². The van der Waals surface area contributed by atoms with E-state index >= 15 is 0 Å². The number of aromatic nitrogens is 3. The number of ether oxygens (including phenoxy) is 2. The standard InChI is InChI=1S/C25H32ClN5O3S/c1-5-14(11-19-16(26)8-10-35-19)30-17-7-9-28-23-20(17)29-13-31(23)18-12-15(24(32)27-6-2)21-22(18)34-25(3,4)33-21/h7-10,13-15,18,21-22H,5-6,11-12H2,1-4H3,(H,27,32)(H,28,30)/t14?,15-,18+,21-,22-/m1/s1. The molecule has 0 aromatic carbocycles. The fourth-order valence-electron chi connectivity index (χ4n) is 5.29. The summed E-state index contributed by atoms with van der Waals surface area (Å²) in [6, 6.07) is 4.02. The zero-order valence-electron chi connectivity index (χ0n) is 20.5. The monoisotopic (exact) mass is 517 g/mol. The predicted molar refractivity (Wildman–Crippen MR) is 138 cm³/mol. The highest BCUT2D eigenvalue weighted by atomic mass is 35.5. The third kappa shape index (κ3) is 4.67. The van der Waals surface area contributed by atoms with Crippen LogP contribution in [0.1, 0.15) is 51.5 Å². The van der Waals surface area contributed by atoms with Crippen LogP contribution in [0.4, 0.5) is 5.69 Å². The Hall–Kier alpha value is -2.20. The van der Waals surface area contributed by atoms with E-state index in [1.165, 1.54) is 4.88 Å². The van der Waals surface area contributed by atoms with Crippen molar-refractivity contribution in [2.45, 2.75) is 77.0 Å². The molecular weight excluding hydrogens is 486 g/mol. The molecule has 8 nitrogen and oxygen atoms in total. The van der Waals surface area contributed by atoms with Crippen molar-refractivity contribution < 1.29 is 14.3 Å². The fraction of sp³-hybridized carbons (Fsp3) is 0.560. The Morgan fingerprint density at radius 2 is 2.09 bits per heavy atom. The maximum atomic E-state index is 12.8. The molecule has 2 aliphatic rings. The van der Waals surface area contributed by atoms with E-state index < -0.39 is 5.79 Å². The van der Waals surface area contributed by atoms with Crippen molar-refractivity contribution in [3.05, 3.63) is 39.9 Å². The van der Waals surface area contributed by atoms with Gasteiger partial charge in [-0.3, -0.25) is 4.79 Å². The summed E-state index contributed by atoms with van der Waals surface area (Å²) in [6.07, 6.45) is 5.46. The van der Waals surface area contributed by atoms with Gasteiger partial charge in [0, 0.05) is 30.1 Å². The molecule has 1 aliphatic heterocycles. The molecule has 1 saturated heterocycles. The van der Waals surface area contributed by atoms with E-state index in [1.807, 2.05) is 44.6 Å². The third-order valence-corrected chi connectivity index (χ3v) is 8.33. The molecule has 35 heavy (non-hydrogen) atoms. The third-order valence-electron chi connectivity index (χ3n) is 6.92. The topological polar surface area (TPSA) is 90.3 Å². The van der Waals surface area contributed by atoms with Gasteiger partial charge in [-0.1, -0.05) is 18.5 Å². The Bertz CT molecular complexity index is 1210. The largest absolute Gasteiger partial charge is 0.380 e. The lowest BCUT2D eigenvalue weighted by atomic mass is 10.0. The van der Waals surface area contributed by atoms with Crippen molar-refractivity contribution in [3.63, 3.8) is 0 Å². The van der Waals surface area contributed by atoms with Gasteiger partial charge < -0.3 is 24.7 Å². The van der Waals surface area contributed by atoms with E-state index in [1.54, 1.807) is 17.5 Å². The Balaban J connectivity index is 1.43. The molecule has 3 aromatic heterocycles. The van der Waals surface area contributed by atoms with Crippen molar-refractivity contribution in [1.29, 1.82) is 0 Å². The lowest BCUT2D eigenvalue weighted by Crippen LogP contribution is -2.37. The van der Waals surface area contributed by atoms with E-state index in [0.717, 1.165) is 34.7 Å². The molecule has 4 heterocycles. The molecule has 2 fully saturated rings. The van der Waals surface area contributed by atoms with Crippen LogP contribution in [0.5, 0.6) is 0 Å². The summed E-state index contributed by atoms with van der Waals surface area (Å²) < 4.78 is 14.5. The Morgan fingerprint density at radius 3 is 2.80 bits per heavy atom. The zero-order chi connectivity index (χ0) is 24.7. The Morgan fingerprint density at radius 1 is 1.29 bits per heavy atom. The number of hydrogen-bond acceptors (Lipinski definition) is 7. The molecule has 1 unspecified atom stereocenters. The van der Waals surface area contributed by atoms with Gasteiger partial charge in [0.1, 0.15) is 17.7 Å². The van der Waals surface area contributed by atoms with Crippen LogP contribution in [-0.2, 0) is 20.7 Å². The van der Waals surface area contributed by atoms with E-state index in [2.05, 4.69) is 27.1 Å². The molecule has 3 aromatic rings. The van der Waals surface area contributed by atoms with Gasteiger partial charge in [0.05, 0.1) is 29.0 Å². The minimum atomic E-state index is -0.743. The minimum absolute atomic E-state index is 0.00376. The van der Waals surface area contributed by atoms with Gasteiger partial charge in [0.25, 0.3) is 0 Å². The average molecular weight is 518 g/mol. The SMILES string of the molecule is CCNC(=O)[C@@H]1C[C@H](n2cnc3c(NC(CC)Cc4sccc4Cl)ccnc32)[C@H]2OC(C)(C)O[C@@H]21. The first-order valence-corrected chi connectivity index (χ1v) is 13.5. The Labute approximate surface area is 214 Å². The predicted octanol–water partition coefficient (Wildman–Crippen LogP) is 4.80. The molecule has 188 valence electrons. The van der Waals surface area contributed by atoms with E-state index in [4.69, 9.17) is 26.1 Å². The number of thiophene rings is 1. The number of nitrogens with one attached hydrogen (secondary N) is 2.